The molecule has 0 aliphatic carbocycles. The molecule has 8 nitrogen and oxygen atoms in total. The van der Waals surface area contributed by atoms with Crippen LogP contribution in [0.15, 0.2) is 28.7 Å². The summed E-state index contributed by atoms with van der Waals surface area (Å²) in [4.78, 5) is 37.1. The molecule has 0 bridgehead atoms. The molecule has 0 fully saturated rings. The van der Waals surface area contributed by atoms with E-state index in [-0.39, 0.29) is 33.1 Å². The first kappa shape index (κ1) is 23.3. The van der Waals surface area contributed by atoms with Crippen LogP contribution in [0.3, 0.4) is 0 Å². The number of hydrogen-bond acceptors (Lipinski definition) is 7. The largest absolute Gasteiger partial charge is 0.549 e. The number of carboxylic acids is 1. The van der Waals surface area contributed by atoms with Gasteiger partial charge in [0.25, 0.3) is 0 Å². The third-order valence-electron chi connectivity index (χ3n) is 5.27. The molecule has 0 amide bonds. The molecule has 9 heteroatoms. The summed E-state index contributed by atoms with van der Waals surface area (Å²) < 4.78 is 6.52. The van der Waals surface area contributed by atoms with Gasteiger partial charge < -0.3 is 29.4 Å². The summed E-state index contributed by atoms with van der Waals surface area (Å²) in [6, 6.07) is 7.14. The standard InChI is InChI=1S/C23H22BrNO7/c1-5-32-23(31)14-11(3)25(13-8-6-10(2)7-9-13)19-16(15(12(4)26)22(29)30)18(24)21(28)20(27)17(14)19/h6-9,15,27-28H,5H2,1-4H3,(H,29,30)/p-1. The minimum atomic E-state index is -1.77. The van der Waals surface area contributed by atoms with Crippen LogP contribution >= 0.6 is 15.9 Å². The average Bonchev–Trinajstić information content (AvgIpc) is 3.02. The Labute approximate surface area is 192 Å². The number of phenols is 2. The molecule has 3 aromatic rings. The molecule has 0 saturated carbocycles. The first-order chi connectivity index (χ1) is 15.0. The molecule has 168 valence electrons. The van der Waals surface area contributed by atoms with Crippen molar-refractivity contribution in [1.29, 1.82) is 0 Å². The number of aromatic hydroxyl groups is 2. The van der Waals surface area contributed by atoms with Gasteiger partial charge in [0.05, 0.1) is 39.4 Å². The van der Waals surface area contributed by atoms with Crippen molar-refractivity contribution in [1.82, 2.24) is 4.57 Å². The first-order valence-corrected chi connectivity index (χ1v) is 10.6. The number of rotatable bonds is 6. The van der Waals surface area contributed by atoms with Crippen molar-refractivity contribution in [3.05, 3.63) is 51.1 Å². The van der Waals surface area contributed by atoms with Gasteiger partial charge in [0.2, 0.25) is 0 Å². The number of halogens is 1. The van der Waals surface area contributed by atoms with Crippen LogP contribution in [-0.4, -0.2) is 39.1 Å². The van der Waals surface area contributed by atoms with E-state index in [4.69, 9.17) is 4.74 Å². The van der Waals surface area contributed by atoms with Gasteiger partial charge in [-0.25, -0.2) is 4.79 Å². The topological polar surface area (TPSA) is 129 Å². The Balaban J connectivity index is 2.64. The van der Waals surface area contributed by atoms with Crippen molar-refractivity contribution in [3.8, 4) is 17.2 Å². The number of benzene rings is 2. The Kier molecular flexibility index (Phi) is 6.32. The van der Waals surface area contributed by atoms with Gasteiger partial charge in [0, 0.05) is 16.9 Å². The fourth-order valence-electron chi connectivity index (χ4n) is 3.85. The molecule has 0 aliphatic heterocycles. The number of carbonyl (C=O) groups excluding carboxylic acids is 3. The number of phenolic OH excluding ortho intramolecular Hbond substituents is 2. The van der Waals surface area contributed by atoms with Gasteiger partial charge >= 0.3 is 5.97 Å². The molecule has 2 aromatic carbocycles. The average molecular weight is 503 g/mol. The van der Waals surface area contributed by atoms with Gasteiger partial charge in [-0.05, 0) is 55.8 Å². The Hall–Kier alpha value is -3.33. The normalized spacial score (nSPS) is 12.0. The summed E-state index contributed by atoms with van der Waals surface area (Å²) in [5.74, 6) is -6.32. The molecule has 32 heavy (non-hydrogen) atoms. The van der Waals surface area contributed by atoms with Crippen molar-refractivity contribution in [3.63, 3.8) is 0 Å². The van der Waals surface area contributed by atoms with Crippen LogP contribution in [0.25, 0.3) is 16.6 Å². The van der Waals surface area contributed by atoms with Gasteiger partial charge in [0.15, 0.2) is 11.5 Å². The molecule has 3 rings (SSSR count). The lowest BCUT2D eigenvalue weighted by atomic mass is 9.92. The van der Waals surface area contributed by atoms with E-state index in [1.807, 2.05) is 19.1 Å². The predicted molar refractivity (Wildman–Crippen MR) is 118 cm³/mol. The fraction of sp³-hybridized carbons (Fsp3) is 0.261. The second-order valence-corrected chi connectivity index (χ2v) is 8.16. The van der Waals surface area contributed by atoms with Gasteiger partial charge in [-0.2, -0.15) is 0 Å². The summed E-state index contributed by atoms with van der Waals surface area (Å²) >= 11 is 3.13. The smallest absolute Gasteiger partial charge is 0.340 e. The quantitative estimate of drug-likeness (QED) is 0.301. The van der Waals surface area contributed by atoms with Crippen LogP contribution in [0.4, 0.5) is 0 Å². The van der Waals surface area contributed by atoms with Gasteiger partial charge in [-0.15, -0.1) is 0 Å². The van der Waals surface area contributed by atoms with E-state index in [9.17, 15) is 29.7 Å². The number of hydrogen-bond donors (Lipinski definition) is 2. The SMILES string of the molecule is CCOC(=O)c1c(C)n(-c2ccc(C)cc2)c2c(C(C(C)=O)C(=O)[O-])c(Br)c(O)c(O)c12. The number of ketones is 1. The van der Waals surface area contributed by atoms with E-state index in [0.29, 0.717) is 11.4 Å². The van der Waals surface area contributed by atoms with Gasteiger partial charge in [-0.1, -0.05) is 17.7 Å². The van der Waals surface area contributed by atoms with E-state index in [1.165, 1.54) is 0 Å². The molecule has 0 spiro atoms. The summed E-state index contributed by atoms with van der Waals surface area (Å²) in [6.45, 7) is 6.25. The van der Waals surface area contributed by atoms with Crippen molar-refractivity contribution in [2.45, 2.75) is 33.6 Å². The van der Waals surface area contributed by atoms with E-state index in [1.54, 1.807) is 30.5 Å². The molecule has 1 atom stereocenters. The third-order valence-corrected chi connectivity index (χ3v) is 6.07. The molecule has 0 radical (unpaired) electrons. The van der Waals surface area contributed by atoms with Crippen LogP contribution in [0.5, 0.6) is 11.5 Å². The van der Waals surface area contributed by atoms with Crippen molar-refractivity contribution < 1.29 is 34.4 Å². The maximum absolute atomic E-state index is 12.8. The molecule has 1 unspecified atom stereocenters. The van der Waals surface area contributed by atoms with Crippen LogP contribution in [0.2, 0.25) is 0 Å². The van der Waals surface area contributed by atoms with Crippen LogP contribution in [0, 0.1) is 13.8 Å². The van der Waals surface area contributed by atoms with Gasteiger partial charge in [-0.3, -0.25) is 4.79 Å². The Morgan fingerprint density at radius 2 is 1.72 bits per heavy atom. The molecular formula is C23H21BrNO7-. The summed E-state index contributed by atoms with van der Waals surface area (Å²) in [7, 11) is 0. The number of ether oxygens (including phenoxy) is 1. The van der Waals surface area contributed by atoms with Crippen LogP contribution in [0.1, 0.15) is 46.9 Å². The lowest BCUT2D eigenvalue weighted by Gasteiger charge is -2.21. The Morgan fingerprint density at radius 1 is 1.12 bits per heavy atom. The zero-order valence-corrected chi connectivity index (χ0v) is 19.4. The Morgan fingerprint density at radius 3 is 2.22 bits per heavy atom. The number of carboxylic acid groups (broad SMARTS) is 1. The van der Waals surface area contributed by atoms with Crippen molar-refractivity contribution in [2.24, 2.45) is 0 Å². The maximum atomic E-state index is 12.8. The highest BCUT2D eigenvalue weighted by molar-refractivity contribution is 9.10. The summed E-state index contributed by atoms with van der Waals surface area (Å²) in [5, 5.41) is 33.2. The second kappa shape index (κ2) is 8.66. The highest BCUT2D eigenvalue weighted by Gasteiger charge is 2.34. The molecule has 0 aliphatic rings. The number of aromatic nitrogens is 1. The molecule has 1 heterocycles. The minimum absolute atomic E-state index is 0.0513. The summed E-state index contributed by atoms with van der Waals surface area (Å²) in [6.07, 6.45) is 0. The number of carbonyl (C=O) groups is 3. The van der Waals surface area contributed by atoms with E-state index < -0.39 is 35.1 Å². The van der Waals surface area contributed by atoms with E-state index in [0.717, 1.165) is 12.5 Å². The number of aliphatic carboxylic acids is 1. The maximum Gasteiger partial charge on any atom is 0.340 e. The number of Topliss-reactive ketones (excluding diaryl/α,β-unsaturated/α-hetero) is 1. The van der Waals surface area contributed by atoms with Gasteiger partial charge in [0.1, 0.15) is 5.78 Å². The highest BCUT2D eigenvalue weighted by atomic mass is 79.9. The van der Waals surface area contributed by atoms with Crippen molar-refractivity contribution >= 4 is 44.6 Å². The Bertz CT molecular complexity index is 1240. The minimum Gasteiger partial charge on any atom is -0.549 e. The molecule has 1 aromatic heterocycles. The first-order valence-electron chi connectivity index (χ1n) is 9.76. The molecule has 2 N–H and O–H groups in total. The fourth-order valence-corrected chi connectivity index (χ4v) is 4.45. The third kappa shape index (κ3) is 3.62. The van der Waals surface area contributed by atoms with Crippen LogP contribution < -0.4 is 5.11 Å². The molecule has 0 saturated heterocycles. The predicted octanol–water partition coefficient (Wildman–Crippen LogP) is 3.02. The molecular weight excluding hydrogens is 482 g/mol. The number of aryl methyl sites for hydroxylation is 1. The second-order valence-electron chi connectivity index (χ2n) is 7.36. The summed E-state index contributed by atoms with van der Waals surface area (Å²) in [5.41, 5.74) is 1.73. The van der Waals surface area contributed by atoms with E-state index in [2.05, 4.69) is 15.9 Å². The zero-order chi connectivity index (χ0) is 23.9. The highest BCUT2D eigenvalue weighted by Crippen LogP contribution is 2.49. The van der Waals surface area contributed by atoms with Crippen LogP contribution in [-0.2, 0) is 14.3 Å². The monoisotopic (exact) mass is 502 g/mol. The lowest BCUT2D eigenvalue weighted by Crippen LogP contribution is -2.34. The number of nitrogens with zero attached hydrogens (tertiary/aromatic N) is 1. The lowest BCUT2D eigenvalue weighted by molar-refractivity contribution is -0.306. The number of esters is 1. The zero-order valence-electron chi connectivity index (χ0n) is 17.9. The van der Waals surface area contributed by atoms with Crippen molar-refractivity contribution in [2.75, 3.05) is 6.61 Å². The van der Waals surface area contributed by atoms with E-state index >= 15 is 0 Å². The number of fused-ring (bicyclic) bond motifs is 1.